The summed E-state index contributed by atoms with van der Waals surface area (Å²) in [5.74, 6) is 0. The summed E-state index contributed by atoms with van der Waals surface area (Å²) in [5, 5.41) is 10.4. The molecule has 11 heteroatoms. The molecule has 0 aliphatic carbocycles. The van der Waals surface area contributed by atoms with Crippen LogP contribution in [0, 0.1) is 6.92 Å². The number of H-pyrrole nitrogens is 1. The van der Waals surface area contributed by atoms with Gasteiger partial charge in [-0.15, -0.1) is 0 Å². The summed E-state index contributed by atoms with van der Waals surface area (Å²) in [6.45, 7) is 2.83. The Hall–Kier alpha value is -1.29. The van der Waals surface area contributed by atoms with Crippen LogP contribution in [0.2, 0.25) is 0 Å². The summed E-state index contributed by atoms with van der Waals surface area (Å²) >= 11 is 0. The van der Waals surface area contributed by atoms with E-state index >= 15 is 0 Å². The minimum absolute atomic E-state index is 0.0237. The topological polar surface area (TPSA) is 151 Å². The van der Waals surface area contributed by atoms with Crippen molar-refractivity contribution in [2.24, 2.45) is 0 Å². The molecule has 1 fully saturated rings. The quantitative estimate of drug-likeness (QED) is 0.506. The molecule has 1 aliphatic rings. The van der Waals surface area contributed by atoms with Crippen LogP contribution < -0.4 is 11.2 Å². The van der Waals surface area contributed by atoms with Gasteiger partial charge in [0, 0.05) is 18.2 Å². The fraction of sp³-hybridized carbons (Fsp3) is 0.692. The van der Waals surface area contributed by atoms with Gasteiger partial charge in [-0.2, -0.15) is 0 Å². The van der Waals surface area contributed by atoms with Gasteiger partial charge in [-0.05, 0) is 13.3 Å². The van der Waals surface area contributed by atoms with Gasteiger partial charge in [0.1, 0.15) is 11.8 Å². The van der Waals surface area contributed by atoms with Crippen molar-refractivity contribution in [1.29, 1.82) is 0 Å². The van der Waals surface area contributed by atoms with Crippen molar-refractivity contribution in [3.8, 4) is 0 Å². The Balaban J connectivity index is 2.31. The number of hydrogen-bond acceptors (Lipinski definition) is 6. The van der Waals surface area contributed by atoms with Gasteiger partial charge < -0.3 is 19.6 Å². The number of aryl methyl sites for hydroxylation is 1. The van der Waals surface area contributed by atoms with Crippen LogP contribution in [-0.4, -0.2) is 42.8 Å². The third kappa shape index (κ3) is 4.02. The highest BCUT2D eigenvalue weighted by Crippen LogP contribution is 2.44. The molecule has 3 atom stereocenters. The second-order valence-electron chi connectivity index (χ2n) is 5.88. The van der Waals surface area contributed by atoms with Gasteiger partial charge in [-0.25, -0.2) is 9.36 Å². The second kappa shape index (κ2) is 6.91. The predicted octanol–water partition coefficient (Wildman–Crippen LogP) is -0.227. The maximum absolute atomic E-state index is 12.0. The molecule has 24 heavy (non-hydrogen) atoms. The first-order valence-electron chi connectivity index (χ1n) is 7.46. The van der Waals surface area contributed by atoms with Crippen LogP contribution >= 0.6 is 7.82 Å². The van der Waals surface area contributed by atoms with E-state index in [4.69, 9.17) is 14.5 Å². The van der Waals surface area contributed by atoms with Gasteiger partial charge >= 0.3 is 13.5 Å². The van der Waals surface area contributed by atoms with Crippen LogP contribution in [0.3, 0.4) is 0 Å². The zero-order chi connectivity index (χ0) is 18.1. The summed E-state index contributed by atoms with van der Waals surface area (Å²) in [5.41, 5.74) is -2.25. The number of aromatic nitrogens is 2. The molecule has 0 unspecified atom stereocenters. The zero-order valence-corrected chi connectivity index (χ0v) is 14.2. The molecular formula is C13H21N2O8P. The molecule has 0 aromatic carbocycles. The molecule has 0 spiro atoms. The fourth-order valence-corrected chi connectivity index (χ4v) is 3.20. The molecule has 1 aromatic heterocycles. The lowest BCUT2D eigenvalue weighted by molar-refractivity contribution is -0.130. The van der Waals surface area contributed by atoms with Crippen molar-refractivity contribution in [2.75, 3.05) is 6.61 Å². The minimum atomic E-state index is -4.73. The Morgan fingerprint density at radius 3 is 2.75 bits per heavy atom. The molecule has 1 saturated heterocycles. The Kier molecular flexibility index (Phi) is 5.48. The van der Waals surface area contributed by atoms with Gasteiger partial charge in [0.15, 0.2) is 0 Å². The molecular weight excluding hydrogens is 343 g/mol. The average Bonchev–Trinajstić information content (AvgIpc) is 2.78. The Morgan fingerprint density at radius 2 is 2.17 bits per heavy atom. The summed E-state index contributed by atoms with van der Waals surface area (Å²) in [6.07, 6.45) is 0.221. The lowest BCUT2D eigenvalue weighted by atomic mass is 9.92. The SMILES string of the molecule is CCC[C@]1(COP(=O)(O)O)O[C@@H](n2cc(C)c(=O)[nH]c2=O)C[C@@H]1O. The number of hydrogen-bond donors (Lipinski definition) is 4. The van der Waals surface area contributed by atoms with Crippen LogP contribution in [0.5, 0.6) is 0 Å². The van der Waals surface area contributed by atoms with E-state index in [1.165, 1.54) is 13.1 Å². The molecule has 0 amide bonds. The van der Waals surface area contributed by atoms with Gasteiger partial charge in [0.05, 0.1) is 12.7 Å². The van der Waals surface area contributed by atoms with Gasteiger partial charge in [0.25, 0.3) is 5.56 Å². The predicted molar refractivity (Wildman–Crippen MR) is 82.4 cm³/mol. The summed E-state index contributed by atoms with van der Waals surface area (Å²) in [7, 11) is -4.73. The second-order valence-corrected chi connectivity index (χ2v) is 7.12. The van der Waals surface area contributed by atoms with E-state index in [9.17, 15) is 19.3 Å². The van der Waals surface area contributed by atoms with E-state index in [2.05, 4.69) is 9.51 Å². The molecule has 10 nitrogen and oxygen atoms in total. The van der Waals surface area contributed by atoms with Crippen LogP contribution in [0.25, 0.3) is 0 Å². The molecule has 0 bridgehead atoms. The highest BCUT2D eigenvalue weighted by molar-refractivity contribution is 7.46. The number of nitrogens with zero attached hydrogens (tertiary/aromatic N) is 1. The van der Waals surface area contributed by atoms with Crippen molar-refractivity contribution < 1.29 is 28.7 Å². The third-order valence-electron chi connectivity index (χ3n) is 4.01. The van der Waals surface area contributed by atoms with E-state index < -0.39 is 43.6 Å². The molecule has 2 heterocycles. The zero-order valence-electron chi connectivity index (χ0n) is 13.3. The van der Waals surface area contributed by atoms with Gasteiger partial charge in [0.2, 0.25) is 0 Å². The first-order valence-corrected chi connectivity index (χ1v) is 8.99. The van der Waals surface area contributed by atoms with E-state index in [-0.39, 0.29) is 12.8 Å². The molecule has 1 aromatic rings. The van der Waals surface area contributed by atoms with Crippen LogP contribution in [0.4, 0.5) is 0 Å². The van der Waals surface area contributed by atoms with E-state index in [0.29, 0.717) is 12.0 Å². The number of nitrogens with one attached hydrogen (secondary N) is 1. The molecule has 1 aliphatic heterocycles. The van der Waals surface area contributed by atoms with E-state index in [1.54, 1.807) is 0 Å². The maximum Gasteiger partial charge on any atom is 0.469 e. The summed E-state index contributed by atoms with van der Waals surface area (Å²) < 4.78 is 22.4. The van der Waals surface area contributed by atoms with Crippen molar-refractivity contribution in [2.45, 2.75) is 51.0 Å². The normalized spacial score (nSPS) is 27.5. The number of phosphoric acid groups is 1. The Labute approximate surface area is 137 Å². The molecule has 0 saturated carbocycles. The number of aromatic amines is 1. The Bertz CT molecular complexity index is 753. The maximum atomic E-state index is 12.0. The largest absolute Gasteiger partial charge is 0.469 e. The minimum Gasteiger partial charge on any atom is -0.390 e. The molecule has 2 rings (SSSR count). The summed E-state index contributed by atoms with van der Waals surface area (Å²) in [4.78, 5) is 43.4. The smallest absolute Gasteiger partial charge is 0.390 e. The molecule has 0 radical (unpaired) electrons. The van der Waals surface area contributed by atoms with Crippen molar-refractivity contribution in [1.82, 2.24) is 9.55 Å². The lowest BCUT2D eigenvalue weighted by Gasteiger charge is -2.31. The molecule has 136 valence electrons. The van der Waals surface area contributed by atoms with Crippen molar-refractivity contribution in [3.05, 3.63) is 32.6 Å². The van der Waals surface area contributed by atoms with Crippen molar-refractivity contribution in [3.63, 3.8) is 0 Å². The monoisotopic (exact) mass is 364 g/mol. The van der Waals surface area contributed by atoms with Crippen LogP contribution in [0.15, 0.2) is 15.8 Å². The average molecular weight is 364 g/mol. The first kappa shape index (κ1) is 19.0. The highest BCUT2D eigenvalue weighted by atomic mass is 31.2. The van der Waals surface area contributed by atoms with Gasteiger partial charge in [-0.1, -0.05) is 13.3 Å². The highest BCUT2D eigenvalue weighted by Gasteiger charge is 2.49. The molecule has 4 N–H and O–H groups in total. The fourth-order valence-electron chi connectivity index (χ4n) is 2.82. The van der Waals surface area contributed by atoms with Crippen LogP contribution in [-0.2, 0) is 13.8 Å². The standard InChI is InChI=1S/C13H21N2O8P/c1-3-4-13(7-22-24(19,20)21)9(16)5-10(23-13)15-6-8(2)11(17)14-12(15)18/h6,9-10,16H,3-5,7H2,1-2H3,(H,14,17,18)(H2,19,20,21)/t9-,10+,13+/m0/s1. The number of ether oxygens (including phenoxy) is 1. The van der Waals surface area contributed by atoms with Crippen molar-refractivity contribution >= 4 is 7.82 Å². The number of phosphoric ester groups is 1. The lowest BCUT2D eigenvalue weighted by Crippen LogP contribution is -2.44. The van der Waals surface area contributed by atoms with E-state index in [0.717, 1.165) is 4.57 Å². The third-order valence-corrected chi connectivity index (χ3v) is 4.47. The summed E-state index contributed by atoms with van der Waals surface area (Å²) in [6, 6.07) is 0. The van der Waals surface area contributed by atoms with Crippen LogP contribution in [0.1, 0.15) is 38.0 Å². The number of aliphatic hydroxyl groups excluding tert-OH is 1. The van der Waals surface area contributed by atoms with E-state index in [1.807, 2.05) is 6.92 Å². The first-order chi connectivity index (χ1) is 11.1. The Morgan fingerprint density at radius 1 is 1.50 bits per heavy atom. The number of rotatable bonds is 6. The van der Waals surface area contributed by atoms with Gasteiger partial charge in [-0.3, -0.25) is 18.9 Å². The number of aliphatic hydroxyl groups is 1.